The highest BCUT2D eigenvalue weighted by Crippen LogP contribution is 2.13. The predicted octanol–water partition coefficient (Wildman–Crippen LogP) is 2.94. The highest BCUT2D eigenvalue weighted by atomic mass is 19.1. The number of amides is 1. The Morgan fingerprint density at radius 1 is 0.960 bits per heavy atom. The molecule has 1 aliphatic rings. The zero-order valence-electron chi connectivity index (χ0n) is 14.2. The van der Waals surface area contributed by atoms with Gasteiger partial charge in [0.2, 0.25) is 5.91 Å². The summed E-state index contributed by atoms with van der Waals surface area (Å²) in [5, 5.41) is 0. The first kappa shape index (κ1) is 17.4. The maximum Gasteiger partial charge on any atom is 0.226 e. The van der Waals surface area contributed by atoms with Crippen molar-refractivity contribution in [3.63, 3.8) is 0 Å². The molecule has 132 valence electrons. The van der Waals surface area contributed by atoms with E-state index in [9.17, 15) is 9.18 Å². The van der Waals surface area contributed by atoms with Crippen LogP contribution in [0.2, 0.25) is 0 Å². The van der Waals surface area contributed by atoms with Crippen molar-refractivity contribution >= 4 is 5.91 Å². The van der Waals surface area contributed by atoms with E-state index in [1.165, 1.54) is 6.07 Å². The van der Waals surface area contributed by atoms with E-state index in [0.29, 0.717) is 38.2 Å². The Morgan fingerprint density at radius 3 is 2.36 bits per heavy atom. The van der Waals surface area contributed by atoms with Gasteiger partial charge in [0.25, 0.3) is 0 Å². The highest BCUT2D eigenvalue weighted by molar-refractivity contribution is 5.76. The Labute approximate surface area is 147 Å². The summed E-state index contributed by atoms with van der Waals surface area (Å²) in [7, 11) is 0. The van der Waals surface area contributed by atoms with Gasteiger partial charge < -0.3 is 9.64 Å². The summed E-state index contributed by atoms with van der Waals surface area (Å²) in [6.45, 7) is 3.86. The zero-order chi connectivity index (χ0) is 17.5. The van der Waals surface area contributed by atoms with E-state index in [0.717, 1.165) is 18.8 Å². The van der Waals surface area contributed by atoms with Crippen LogP contribution in [0.4, 0.5) is 4.39 Å². The van der Waals surface area contributed by atoms with Gasteiger partial charge in [-0.2, -0.15) is 0 Å². The summed E-state index contributed by atoms with van der Waals surface area (Å²) in [5.41, 5.74) is 0.707. The Hall–Kier alpha value is -2.40. The van der Waals surface area contributed by atoms with Crippen molar-refractivity contribution in [1.82, 2.24) is 9.80 Å². The first-order valence-electron chi connectivity index (χ1n) is 8.64. The molecule has 4 nitrogen and oxygen atoms in total. The highest BCUT2D eigenvalue weighted by Gasteiger charge is 2.21. The second kappa shape index (κ2) is 8.62. The molecule has 2 aromatic rings. The van der Waals surface area contributed by atoms with Crippen LogP contribution in [0.5, 0.6) is 5.75 Å². The maximum absolute atomic E-state index is 13.7. The third kappa shape index (κ3) is 5.03. The van der Waals surface area contributed by atoms with Gasteiger partial charge in [-0.1, -0.05) is 36.4 Å². The van der Waals surface area contributed by atoms with Crippen LogP contribution in [0.3, 0.4) is 0 Å². The quantitative estimate of drug-likeness (QED) is 0.809. The van der Waals surface area contributed by atoms with E-state index in [4.69, 9.17) is 4.74 Å². The minimum absolute atomic E-state index is 0.112. The molecule has 0 aromatic heterocycles. The normalized spacial score (nSPS) is 15.2. The number of piperazine rings is 1. The topological polar surface area (TPSA) is 32.8 Å². The van der Waals surface area contributed by atoms with Crippen LogP contribution in [-0.4, -0.2) is 48.5 Å². The minimum atomic E-state index is -0.168. The van der Waals surface area contributed by atoms with E-state index < -0.39 is 0 Å². The SMILES string of the molecule is O=C(CCOc1ccccc1)N1CCN(Cc2ccccc2F)CC1. The average Bonchev–Trinajstić information content (AvgIpc) is 2.65. The minimum Gasteiger partial charge on any atom is -0.493 e. The molecule has 0 aliphatic carbocycles. The van der Waals surface area contributed by atoms with Gasteiger partial charge in [-0.05, 0) is 18.2 Å². The van der Waals surface area contributed by atoms with Crippen molar-refractivity contribution in [3.8, 4) is 5.75 Å². The molecule has 0 unspecified atom stereocenters. The summed E-state index contributed by atoms with van der Waals surface area (Å²) in [6, 6.07) is 16.4. The lowest BCUT2D eigenvalue weighted by Crippen LogP contribution is -2.48. The first-order chi connectivity index (χ1) is 12.2. The summed E-state index contributed by atoms with van der Waals surface area (Å²) >= 11 is 0. The maximum atomic E-state index is 13.7. The fourth-order valence-corrected chi connectivity index (χ4v) is 2.95. The van der Waals surface area contributed by atoms with Crippen molar-refractivity contribution in [2.24, 2.45) is 0 Å². The van der Waals surface area contributed by atoms with E-state index in [2.05, 4.69) is 4.90 Å². The zero-order valence-corrected chi connectivity index (χ0v) is 14.2. The molecule has 1 fully saturated rings. The monoisotopic (exact) mass is 342 g/mol. The molecule has 0 bridgehead atoms. The number of nitrogens with zero attached hydrogens (tertiary/aromatic N) is 2. The second-order valence-corrected chi connectivity index (χ2v) is 6.16. The molecule has 5 heteroatoms. The smallest absolute Gasteiger partial charge is 0.226 e. The van der Waals surface area contributed by atoms with Crippen LogP contribution >= 0.6 is 0 Å². The van der Waals surface area contributed by atoms with Crippen LogP contribution < -0.4 is 4.74 Å². The van der Waals surface area contributed by atoms with Crippen molar-refractivity contribution < 1.29 is 13.9 Å². The number of carbonyl (C=O) groups excluding carboxylic acids is 1. The molecule has 2 aromatic carbocycles. The molecule has 0 radical (unpaired) electrons. The molecule has 0 atom stereocenters. The Morgan fingerprint density at radius 2 is 1.64 bits per heavy atom. The van der Waals surface area contributed by atoms with Gasteiger partial charge in [-0.25, -0.2) is 4.39 Å². The molecule has 0 spiro atoms. The third-order valence-electron chi connectivity index (χ3n) is 4.40. The number of hydrogen-bond acceptors (Lipinski definition) is 3. The summed E-state index contributed by atoms with van der Waals surface area (Å²) in [5.74, 6) is 0.727. The molecule has 1 aliphatic heterocycles. The Balaban J connectivity index is 1.39. The summed E-state index contributed by atoms with van der Waals surface area (Å²) in [6.07, 6.45) is 0.377. The molecule has 3 rings (SSSR count). The van der Waals surface area contributed by atoms with Gasteiger partial charge in [0.1, 0.15) is 11.6 Å². The fraction of sp³-hybridized carbons (Fsp3) is 0.350. The van der Waals surface area contributed by atoms with Gasteiger partial charge in [0.05, 0.1) is 13.0 Å². The number of rotatable bonds is 6. The molecule has 1 amide bonds. The molecular formula is C20H23FN2O2. The lowest BCUT2D eigenvalue weighted by atomic mass is 10.2. The number of halogens is 1. The fourth-order valence-electron chi connectivity index (χ4n) is 2.95. The van der Waals surface area contributed by atoms with Gasteiger partial charge in [-0.3, -0.25) is 9.69 Å². The van der Waals surface area contributed by atoms with Crippen LogP contribution in [0.25, 0.3) is 0 Å². The van der Waals surface area contributed by atoms with E-state index >= 15 is 0 Å². The van der Waals surface area contributed by atoms with Crippen molar-refractivity contribution in [3.05, 3.63) is 66.0 Å². The van der Waals surface area contributed by atoms with E-state index in [1.807, 2.05) is 47.4 Å². The first-order valence-corrected chi connectivity index (χ1v) is 8.64. The summed E-state index contributed by atoms with van der Waals surface area (Å²) in [4.78, 5) is 16.3. The molecule has 0 saturated carbocycles. The van der Waals surface area contributed by atoms with Crippen molar-refractivity contribution in [2.45, 2.75) is 13.0 Å². The Kier molecular flexibility index (Phi) is 6.01. The molecule has 0 N–H and O–H groups in total. The van der Waals surface area contributed by atoms with Crippen LogP contribution in [0, 0.1) is 5.82 Å². The predicted molar refractivity (Wildman–Crippen MR) is 94.8 cm³/mol. The standard InChI is InChI=1S/C20H23FN2O2/c21-19-9-5-4-6-17(19)16-22-11-13-23(14-12-22)20(24)10-15-25-18-7-2-1-3-8-18/h1-9H,10-16H2. The van der Waals surface area contributed by atoms with E-state index in [1.54, 1.807) is 6.07 Å². The lowest BCUT2D eigenvalue weighted by molar-refractivity contribution is -0.133. The van der Waals surface area contributed by atoms with Gasteiger partial charge in [-0.15, -0.1) is 0 Å². The molecule has 25 heavy (non-hydrogen) atoms. The van der Waals surface area contributed by atoms with Crippen LogP contribution in [0.15, 0.2) is 54.6 Å². The lowest BCUT2D eigenvalue weighted by Gasteiger charge is -2.34. The Bertz CT molecular complexity index is 685. The third-order valence-corrected chi connectivity index (χ3v) is 4.40. The largest absolute Gasteiger partial charge is 0.493 e. The van der Waals surface area contributed by atoms with Crippen LogP contribution in [0.1, 0.15) is 12.0 Å². The van der Waals surface area contributed by atoms with Crippen LogP contribution in [-0.2, 0) is 11.3 Å². The molecule has 1 saturated heterocycles. The van der Waals surface area contributed by atoms with Gasteiger partial charge in [0.15, 0.2) is 0 Å². The van der Waals surface area contributed by atoms with Crippen molar-refractivity contribution in [1.29, 1.82) is 0 Å². The van der Waals surface area contributed by atoms with Gasteiger partial charge >= 0.3 is 0 Å². The van der Waals surface area contributed by atoms with Crippen molar-refractivity contribution in [2.75, 3.05) is 32.8 Å². The molecular weight excluding hydrogens is 319 g/mol. The summed E-state index contributed by atoms with van der Waals surface area (Å²) < 4.78 is 19.3. The number of para-hydroxylation sites is 1. The molecule has 1 heterocycles. The second-order valence-electron chi connectivity index (χ2n) is 6.16. The van der Waals surface area contributed by atoms with Gasteiger partial charge in [0, 0.05) is 38.3 Å². The number of benzene rings is 2. The number of carbonyl (C=O) groups is 1. The number of ether oxygens (including phenoxy) is 1. The van der Waals surface area contributed by atoms with E-state index in [-0.39, 0.29) is 11.7 Å². The number of hydrogen-bond donors (Lipinski definition) is 0. The average molecular weight is 342 g/mol.